The Bertz CT molecular complexity index is 1430. The largest absolute Gasteiger partial charge is 0.420 e. The summed E-state index contributed by atoms with van der Waals surface area (Å²) in [4.78, 5) is 19.0. The van der Waals surface area contributed by atoms with Gasteiger partial charge in [-0.1, -0.05) is 6.58 Å². The molecule has 0 spiro atoms. The van der Waals surface area contributed by atoms with Gasteiger partial charge in [0.25, 0.3) is 0 Å². The van der Waals surface area contributed by atoms with Crippen LogP contribution in [0.1, 0.15) is 35.6 Å². The van der Waals surface area contributed by atoms with Gasteiger partial charge in [-0.05, 0) is 57.3 Å². The highest BCUT2D eigenvalue weighted by Crippen LogP contribution is 2.34. The first-order valence-corrected chi connectivity index (χ1v) is 11.7. The van der Waals surface area contributed by atoms with E-state index in [-0.39, 0.29) is 16.9 Å². The van der Waals surface area contributed by atoms with Gasteiger partial charge in [0.05, 0.1) is 23.3 Å². The van der Waals surface area contributed by atoms with Gasteiger partial charge in [-0.15, -0.1) is 0 Å². The summed E-state index contributed by atoms with van der Waals surface area (Å²) >= 11 is 0. The van der Waals surface area contributed by atoms with E-state index in [1.54, 1.807) is 6.20 Å². The average Bonchev–Trinajstić information content (AvgIpc) is 3.55. The molecule has 0 amide bonds. The normalized spacial score (nSPS) is 15.7. The maximum atomic E-state index is 13.2. The molecule has 0 radical (unpaired) electrons. The second-order valence-electron chi connectivity index (χ2n) is 9.57. The Hall–Kier alpha value is -4.06. The van der Waals surface area contributed by atoms with Crippen LogP contribution in [0.4, 0.5) is 17.6 Å². The van der Waals surface area contributed by atoms with Gasteiger partial charge in [0.15, 0.2) is 11.9 Å². The van der Waals surface area contributed by atoms with Crippen LogP contribution in [0.25, 0.3) is 22.6 Å². The van der Waals surface area contributed by atoms with E-state index >= 15 is 0 Å². The molecule has 1 aliphatic heterocycles. The molecule has 1 fully saturated rings. The molecule has 12 heteroatoms. The van der Waals surface area contributed by atoms with Crippen LogP contribution in [-0.4, -0.2) is 73.1 Å². The molecule has 0 atom stereocenters. The minimum Gasteiger partial charge on any atom is -0.367 e. The van der Waals surface area contributed by atoms with Crippen molar-refractivity contribution in [3.05, 3.63) is 78.1 Å². The summed E-state index contributed by atoms with van der Waals surface area (Å²) in [7, 11) is 2.18. The van der Waals surface area contributed by atoms with E-state index in [0.717, 1.165) is 59.9 Å². The third-order valence-corrected chi connectivity index (χ3v) is 6.52. The standard InChI is InChI=1S/C14H7F4N3O.C12H20N4/c15-9-3-1-8(2-4-9)12-5-11(14(16,17)18)13-19-10(7-22)6-21(13)20-12;1-10(11-5-6-13-14-11)16-8-7-15(4)12(2,3)9-16/h1-7H;5-6H,1,7-9H2,2-4H3,(H,13,14). The Kier molecular flexibility index (Phi) is 7.36. The number of piperazine rings is 1. The number of aromatic amines is 1. The van der Waals surface area contributed by atoms with E-state index in [4.69, 9.17) is 0 Å². The molecule has 1 N–H and O–H groups in total. The highest BCUT2D eigenvalue weighted by atomic mass is 19.4. The van der Waals surface area contributed by atoms with Crippen LogP contribution in [0.2, 0.25) is 0 Å². The van der Waals surface area contributed by atoms with Crippen LogP contribution in [0.15, 0.2) is 55.4 Å². The molecule has 1 aliphatic rings. The summed E-state index contributed by atoms with van der Waals surface area (Å²) in [6, 6.07) is 7.68. The number of H-pyrrole nitrogens is 1. The Morgan fingerprint density at radius 3 is 2.45 bits per heavy atom. The number of halogens is 4. The summed E-state index contributed by atoms with van der Waals surface area (Å²) in [5.74, 6) is -0.508. The number of nitrogens with zero attached hydrogens (tertiary/aromatic N) is 6. The zero-order valence-electron chi connectivity index (χ0n) is 21.1. The van der Waals surface area contributed by atoms with Gasteiger partial charge in [-0.3, -0.25) is 14.8 Å². The van der Waals surface area contributed by atoms with E-state index in [1.165, 1.54) is 12.1 Å². The molecule has 4 aromatic rings. The molecule has 1 saturated heterocycles. The summed E-state index contributed by atoms with van der Waals surface area (Å²) < 4.78 is 53.3. The van der Waals surface area contributed by atoms with Gasteiger partial charge in [0.2, 0.25) is 0 Å². The molecule has 3 aromatic heterocycles. The smallest absolute Gasteiger partial charge is 0.367 e. The fourth-order valence-electron chi connectivity index (χ4n) is 4.08. The van der Waals surface area contributed by atoms with E-state index in [0.29, 0.717) is 11.8 Å². The third-order valence-electron chi connectivity index (χ3n) is 6.52. The number of carbonyl (C=O) groups excluding carboxylic acids is 1. The molecule has 0 aliphatic carbocycles. The van der Waals surface area contributed by atoms with Crippen LogP contribution >= 0.6 is 0 Å². The van der Waals surface area contributed by atoms with Crippen LogP contribution in [-0.2, 0) is 6.18 Å². The Morgan fingerprint density at radius 2 is 1.87 bits per heavy atom. The minimum atomic E-state index is -4.66. The first kappa shape index (κ1) is 27.0. The number of likely N-dealkylation sites (N-methyl/N-ethyl adjacent to an activating group) is 1. The number of imidazole rings is 1. The molecular formula is C26H27F4N7O. The van der Waals surface area contributed by atoms with Gasteiger partial charge >= 0.3 is 6.18 Å². The molecule has 4 heterocycles. The van der Waals surface area contributed by atoms with Crippen molar-refractivity contribution in [1.82, 2.24) is 34.6 Å². The second kappa shape index (κ2) is 10.4. The molecule has 0 unspecified atom stereocenters. The van der Waals surface area contributed by atoms with Crippen molar-refractivity contribution in [2.75, 3.05) is 26.7 Å². The summed E-state index contributed by atoms with van der Waals surface area (Å²) in [6.07, 6.45) is -1.46. The first-order chi connectivity index (χ1) is 17.9. The molecule has 38 heavy (non-hydrogen) atoms. The van der Waals surface area contributed by atoms with Crippen molar-refractivity contribution < 1.29 is 22.4 Å². The maximum Gasteiger partial charge on any atom is 0.420 e. The number of rotatable bonds is 4. The summed E-state index contributed by atoms with van der Waals surface area (Å²) in [5.41, 5.74) is 0.926. The van der Waals surface area contributed by atoms with Crippen molar-refractivity contribution in [2.24, 2.45) is 0 Å². The van der Waals surface area contributed by atoms with E-state index in [2.05, 4.69) is 57.6 Å². The number of hydrogen-bond donors (Lipinski definition) is 1. The number of fused-ring (bicyclic) bond motifs is 1. The first-order valence-electron chi connectivity index (χ1n) is 11.7. The van der Waals surface area contributed by atoms with Crippen molar-refractivity contribution in [1.29, 1.82) is 0 Å². The Morgan fingerprint density at radius 1 is 1.16 bits per heavy atom. The number of carbonyl (C=O) groups is 1. The summed E-state index contributed by atoms with van der Waals surface area (Å²) in [6.45, 7) is 11.8. The van der Waals surface area contributed by atoms with Crippen molar-refractivity contribution in [3.8, 4) is 11.3 Å². The van der Waals surface area contributed by atoms with Crippen LogP contribution in [0.3, 0.4) is 0 Å². The lowest BCUT2D eigenvalue weighted by Gasteiger charge is -2.46. The van der Waals surface area contributed by atoms with Crippen molar-refractivity contribution >= 4 is 17.6 Å². The zero-order chi connectivity index (χ0) is 27.7. The molecule has 8 nitrogen and oxygen atoms in total. The van der Waals surface area contributed by atoms with Crippen LogP contribution in [0.5, 0.6) is 0 Å². The van der Waals surface area contributed by atoms with Crippen molar-refractivity contribution in [3.63, 3.8) is 0 Å². The number of benzene rings is 1. The zero-order valence-corrected chi connectivity index (χ0v) is 21.1. The third kappa shape index (κ3) is 5.75. The molecular weight excluding hydrogens is 502 g/mol. The van der Waals surface area contributed by atoms with Crippen LogP contribution in [0, 0.1) is 5.82 Å². The number of aldehydes is 1. The SMILES string of the molecule is C=C(c1ccn[nH]1)N1CCN(C)C(C)(C)C1.O=Cc1cn2nc(-c3ccc(F)cc3)cc(C(F)(F)F)c2n1. The lowest BCUT2D eigenvalue weighted by atomic mass is 9.99. The van der Waals surface area contributed by atoms with E-state index in [9.17, 15) is 22.4 Å². The summed E-state index contributed by atoms with van der Waals surface area (Å²) in [5, 5.41) is 10.9. The number of alkyl halides is 3. The molecule has 0 bridgehead atoms. The fourth-order valence-corrected chi connectivity index (χ4v) is 4.08. The van der Waals surface area contributed by atoms with Gasteiger partial charge in [0, 0.05) is 36.9 Å². The molecule has 1 aromatic carbocycles. The average molecular weight is 530 g/mol. The Balaban J connectivity index is 0.000000186. The predicted molar refractivity (Wildman–Crippen MR) is 135 cm³/mol. The lowest BCUT2D eigenvalue weighted by Crippen LogP contribution is -2.56. The van der Waals surface area contributed by atoms with E-state index in [1.807, 2.05) is 6.07 Å². The van der Waals surface area contributed by atoms with Gasteiger partial charge < -0.3 is 4.90 Å². The van der Waals surface area contributed by atoms with Gasteiger partial charge in [0.1, 0.15) is 17.1 Å². The van der Waals surface area contributed by atoms with Gasteiger partial charge in [-0.2, -0.15) is 23.4 Å². The number of aromatic nitrogens is 5. The topological polar surface area (TPSA) is 82.4 Å². The minimum absolute atomic E-state index is 0.00493. The molecule has 200 valence electrons. The fraction of sp³-hybridized carbons (Fsp3) is 0.308. The Labute approximate surface area is 216 Å². The number of nitrogens with one attached hydrogen (secondary N) is 1. The highest BCUT2D eigenvalue weighted by molar-refractivity contribution is 5.74. The molecule has 5 rings (SSSR count). The number of hydrogen-bond acceptors (Lipinski definition) is 6. The maximum absolute atomic E-state index is 13.2. The lowest BCUT2D eigenvalue weighted by molar-refractivity contribution is -0.136. The molecule has 0 saturated carbocycles. The quantitative estimate of drug-likeness (QED) is 0.303. The van der Waals surface area contributed by atoms with Gasteiger partial charge in [-0.25, -0.2) is 13.9 Å². The predicted octanol–water partition coefficient (Wildman–Crippen LogP) is 4.77. The van der Waals surface area contributed by atoms with Crippen molar-refractivity contribution in [2.45, 2.75) is 25.6 Å². The monoisotopic (exact) mass is 529 g/mol. The van der Waals surface area contributed by atoms with Crippen LogP contribution < -0.4 is 0 Å². The second-order valence-corrected chi connectivity index (χ2v) is 9.57. The van der Waals surface area contributed by atoms with E-state index < -0.39 is 23.2 Å². The highest BCUT2D eigenvalue weighted by Gasteiger charge is 2.35.